The number of carbonyl (C=O) groups is 1. The van der Waals surface area contributed by atoms with Crippen LogP contribution in [0.2, 0.25) is 5.02 Å². The van der Waals surface area contributed by atoms with Crippen LogP contribution in [-0.2, 0) is 6.54 Å². The highest BCUT2D eigenvalue weighted by Crippen LogP contribution is 2.19. The van der Waals surface area contributed by atoms with Gasteiger partial charge in [0.05, 0.1) is 5.56 Å². The molecule has 0 fully saturated rings. The number of halogens is 2. The molecule has 25 heavy (non-hydrogen) atoms. The van der Waals surface area contributed by atoms with Crippen LogP contribution in [0, 0.1) is 5.82 Å². The van der Waals surface area contributed by atoms with E-state index in [4.69, 9.17) is 16.1 Å². The van der Waals surface area contributed by atoms with Crippen molar-refractivity contribution in [3.63, 3.8) is 0 Å². The van der Waals surface area contributed by atoms with Gasteiger partial charge in [0.2, 0.25) is 11.7 Å². The highest BCUT2D eigenvalue weighted by atomic mass is 35.5. The summed E-state index contributed by atoms with van der Waals surface area (Å²) < 4.78 is 19.0. The Morgan fingerprint density at radius 2 is 1.92 bits per heavy atom. The van der Waals surface area contributed by atoms with Crippen molar-refractivity contribution in [2.75, 3.05) is 6.54 Å². The van der Waals surface area contributed by atoms with Crippen molar-refractivity contribution in [2.24, 2.45) is 0 Å². The van der Waals surface area contributed by atoms with E-state index in [2.05, 4.69) is 10.1 Å². The summed E-state index contributed by atoms with van der Waals surface area (Å²) in [6.45, 7) is 2.28. The topological polar surface area (TPSA) is 59.2 Å². The first kappa shape index (κ1) is 17.1. The van der Waals surface area contributed by atoms with Crippen LogP contribution < -0.4 is 0 Å². The third-order valence-corrected chi connectivity index (χ3v) is 3.92. The second-order valence-electron chi connectivity index (χ2n) is 5.32. The second-order valence-corrected chi connectivity index (χ2v) is 5.75. The lowest BCUT2D eigenvalue weighted by molar-refractivity contribution is 0.0730. The fraction of sp³-hybridized carbons (Fsp3) is 0.167. The average Bonchev–Trinajstić information content (AvgIpc) is 3.09. The summed E-state index contributed by atoms with van der Waals surface area (Å²) in [6, 6.07) is 12.9. The van der Waals surface area contributed by atoms with Crippen molar-refractivity contribution in [3.05, 3.63) is 70.8 Å². The van der Waals surface area contributed by atoms with E-state index in [0.717, 1.165) is 5.56 Å². The molecule has 0 aliphatic heterocycles. The molecule has 3 aromatic rings. The molecule has 1 heterocycles. The molecule has 1 amide bonds. The molecule has 0 bridgehead atoms. The maximum atomic E-state index is 13.8. The molecular formula is C18H15ClFN3O2. The second kappa shape index (κ2) is 7.44. The van der Waals surface area contributed by atoms with Crippen LogP contribution in [0.25, 0.3) is 11.4 Å². The molecule has 2 aromatic carbocycles. The summed E-state index contributed by atoms with van der Waals surface area (Å²) in [5.41, 5.74) is 0.768. The zero-order chi connectivity index (χ0) is 17.8. The minimum absolute atomic E-state index is 0.0155. The molecule has 0 aliphatic rings. The normalized spacial score (nSPS) is 10.7. The van der Waals surface area contributed by atoms with Crippen molar-refractivity contribution in [1.82, 2.24) is 15.0 Å². The van der Waals surface area contributed by atoms with Gasteiger partial charge in [0, 0.05) is 17.1 Å². The van der Waals surface area contributed by atoms with Gasteiger partial charge in [-0.1, -0.05) is 28.9 Å². The van der Waals surface area contributed by atoms with E-state index in [9.17, 15) is 9.18 Å². The minimum Gasteiger partial charge on any atom is -0.337 e. The van der Waals surface area contributed by atoms with Crippen molar-refractivity contribution in [3.8, 4) is 11.4 Å². The zero-order valence-corrected chi connectivity index (χ0v) is 14.2. The highest BCUT2D eigenvalue weighted by molar-refractivity contribution is 6.30. The Hall–Kier alpha value is -2.73. The standard InChI is InChI=1S/C18H15ClFN3O2/c1-2-23(18(24)14-5-3-4-6-15(14)20)11-16-21-17(22-25-16)12-7-9-13(19)10-8-12/h3-10H,2,11H2,1H3. The summed E-state index contributed by atoms with van der Waals surface area (Å²) in [5, 5.41) is 4.52. The third kappa shape index (κ3) is 3.85. The summed E-state index contributed by atoms with van der Waals surface area (Å²) in [5.74, 6) is -0.303. The van der Waals surface area contributed by atoms with Gasteiger partial charge in [-0.2, -0.15) is 4.98 Å². The van der Waals surface area contributed by atoms with E-state index in [1.165, 1.54) is 17.0 Å². The van der Waals surface area contributed by atoms with Gasteiger partial charge in [-0.05, 0) is 43.3 Å². The summed E-state index contributed by atoms with van der Waals surface area (Å²) in [6.07, 6.45) is 0. The van der Waals surface area contributed by atoms with Gasteiger partial charge in [-0.25, -0.2) is 4.39 Å². The lowest BCUT2D eigenvalue weighted by Crippen LogP contribution is -2.31. The fourth-order valence-corrected chi connectivity index (χ4v) is 2.46. The number of rotatable bonds is 5. The number of hydrogen-bond donors (Lipinski definition) is 0. The number of aromatic nitrogens is 2. The van der Waals surface area contributed by atoms with Crippen molar-refractivity contribution in [2.45, 2.75) is 13.5 Å². The molecule has 0 aliphatic carbocycles. The Kier molecular flexibility index (Phi) is 5.09. The molecule has 0 atom stereocenters. The van der Waals surface area contributed by atoms with Crippen LogP contribution in [0.4, 0.5) is 4.39 Å². The molecule has 0 unspecified atom stereocenters. The molecule has 5 nitrogen and oxygen atoms in total. The summed E-state index contributed by atoms with van der Waals surface area (Å²) in [4.78, 5) is 18.2. The summed E-state index contributed by atoms with van der Waals surface area (Å²) in [7, 11) is 0. The Morgan fingerprint density at radius 1 is 1.20 bits per heavy atom. The monoisotopic (exact) mass is 359 g/mol. The maximum absolute atomic E-state index is 13.8. The van der Waals surface area contributed by atoms with Gasteiger partial charge in [-0.15, -0.1) is 0 Å². The van der Waals surface area contributed by atoms with E-state index in [1.807, 2.05) is 0 Å². The van der Waals surface area contributed by atoms with Gasteiger partial charge in [0.25, 0.3) is 5.91 Å². The van der Waals surface area contributed by atoms with Gasteiger partial charge in [0.1, 0.15) is 12.4 Å². The zero-order valence-electron chi connectivity index (χ0n) is 13.4. The lowest BCUT2D eigenvalue weighted by atomic mass is 10.2. The number of carbonyl (C=O) groups excluding carboxylic acids is 1. The van der Waals surface area contributed by atoms with Crippen LogP contribution in [0.1, 0.15) is 23.2 Å². The number of benzene rings is 2. The predicted octanol–water partition coefficient (Wildman–Crippen LogP) is 4.19. The van der Waals surface area contributed by atoms with Crippen molar-refractivity contribution < 1.29 is 13.7 Å². The smallest absolute Gasteiger partial charge is 0.257 e. The molecule has 0 radical (unpaired) electrons. The molecule has 1 aromatic heterocycles. The van der Waals surface area contributed by atoms with Crippen LogP contribution in [0.3, 0.4) is 0 Å². The molecule has 7 heteroatoms. The maximum Gasteiger partial charge on any atom is 0.257 e. The van der Waals surface area contributed by atoms with Crippen LogP contribution in [0.5, 0.6) is 0 Å². The fourth-order valence-electron chi connectivity index (χ4n) is 2.33. The lowest BCUT2D eigenvalue weighted by Gasteiger charge is -2.19. The predicted molar refractivity (Wildman–Crippen MR) is 91.6 cm³/mol. The van der Waals surface area contributed by atoms with Crippen LogP contribution in [0.15, 0.2) is 53.1 Å². The van der Waals surface area contributed by atoms with Gasteiger partial charge in [0.15, 0.2) is 0 Å². The van der Waals surface area contributed by atoms with Gasteiger partial charge < -0.3 is 9.42 Å². The highest BCUT2D eigenvalue weighted by Gasteiger charge is 2.20. The van der Waals surface area contributed by atoms with Gasteiger partial charge in [-0.3, -0.25) is 4.79 Å². The molecule has 128 valence electrons. The van der Waals surface area contributed by atoms with Gasteiger partial charge >= 0.3 is 0 Å². The molecule has 0 N–H and O–H groups in total. The first-order valence-corrected chi connectivity index (χ1v) is 8.08. The molecule has 0 saturated heterocycles. The first-order valence-electron chi connectivity index (χ1n) is 7.71. The quantitative estimate of drug-likeness (QED) is 0.685. The minimum atomic E-state index is -0.557. The van der Waals surface area contributed by atoms with E-state index in [-0.39, 0.29) is 18.0 Å². The van der Waals surface area contributed by atoms with Crippen LogP contribution in [-0.4, -0.2) is 27.5 Å². The Balaban J connectivity index is 1.77. The van der Waals surface area contributed by atoms with E-state index < -0.39 is 11.7 Å². The Bertz CT molecular complexity index is 880. The third-order valence-electron chi connectivity index (χ3n) is 3.67. The number of amides is 1. The molecular weight excluding hydrogens is 345 g/mol. The van der Waals surface area contributed by atoms with Crippen LogP contribution >= 0.6 is 11.6 Å². The Morgan fingerprint density at radius 3 is 2.60 bits per heavy atom. The van der Waals surface area contributed by atoms with Crippen molar-refractivity contribution in [1.29, 1.82) is 0 Å². The number of hydrogen-bond acceptors (Lipinski definition) is 4. The SMILES string of the molecule is CCN(Cc1nc(-c2ccc(Cl)cc2)no1)C(=O)c1ccccc1F. The van der Waals surface area contributed by atoms with Crippen molar-refractivity contribution >= 4 is 17.5 Å². The average molecular weight is 360 g/mol. The van der Waals surface area contributed by atoms with E-state index >= 15 is 0 Å². The molecule has 0 saturated carbocycles. The van der Waals surface area contributed by atoms with E-state index in [1.54, 1.807) is 43.3 Å². The first-order chi connectivity index (χ1) is 12.1. The Labute approximate surface area is 149 Å². The number of nitrogens with zero attached hydrogens (tertiary/aromatic N) is 3. The largest absolute Gasteiger partial charge is 0.337 e. The summed E-state index contributed by atoms with van der Waals surface area (Å²) >= 11 is 5.86. The molecule has 3 rings (SSSR count). The molecule has 0 spiro atoms. The van der Waals surface area contributed by atoms with E-state index in [0.29, 0.717) is 17.4 Å².